The lowest BCUT2D eigenvalue weighted by atomic mass is 9.71. The van der Waals surface area contributed by atoms with E-state index in [2.05, 4.69) is 54.2 Å². The average molecular weight is 345 g/mol. The molecule has 19 heavy (non-hydrogen) atoms. The molecule has 0 unspecified atom stereocenters. The van der Waals surface area contributed by atoms with Gasteiger partial charge in [-0.15, -0.1) is 0 Å². The second-order valence-electron chi connectivity index (χ2n) is 6.69. The first kappa shape index (κ1) is 15.2. The summed E-state index contributed by atoms with van der Waals surface area (Å²) in [6, 6.07) is 6.67. The highest BCUT2D eigenvalue weighted by molar-refractivity contribution is 9.10. The van der Waals surface area contributed by atoms with Crippen molar-refractivity contribution < 1.29 is 0 Å². The minimum absolute atomic E-state index is 0.453. The zero-order valence-corrected chi connectivity index (χ0v) is 14.3. The molecule has 1 N–H and O–H groups in total. The predicted molar refractivity (Wildman–Crippen MR) is 88.0 cm³/mol. The molecule has 106 valence electrons. The van der Waals surface area contributed by atoms with Crippen molar-refractivity contribution in [1.82, 2.24) is 0 Å². The van der Waals surface area contributed by atoms with E-state index in [0.717, 1.165) is 21.1 Å². The predicted octanol–water partition coefficient (Wildman–Crippen LogP) is 6.12. The Morgan fingerprint density at radius 3 is 2.32 bits per heavy atom. The summed E-state index contributed by atoms with van der Waals surface area (Å²) in [4.78, 5) is 0. The standard InChI is InChI=1S/C16H23BrClN/c1-16(2,3)11-4-6-12(7-5-11)19-13-8-9-15(18)14(17)10-13/h8-12,19H,4-7H2,1-3H3. The molecule has 3 heteroatoms. The number of benzene rings is 1. The van der Waals surface area contributed by atoms with Crippen molar-refractivity contribution in [2.45, 2.75) is 52.5 Å². The molecular weight excluding hydrogens is 322 g/mol. The molecule has 0 saturated heterocycles. The highest BCUT2D eigenvalue weighted by atomic mass is 79.9. The highest BCUT2D eigenvalue weighted by Crippen LogP contribution is 2.38. The summed E-state index contributed by atoms with van der Waals surface area (Å²) in [5.41, 5.74) is 1.62. The minimum Gasteiger partial charge on any atom is -0.382 e. The monoisotopic (exact) mass is 343 g/mol. The van der Waals surface area contributed by atoms with Gasteiger partial charge in [0.1, 0.15) is 0 Å². The number of rotatable bonds is 2. The second kappa shape index (κ2) is 6.05. The van der Waals surface area contributed by atoms with Gasteiger partial charge in [-0.05, 0) is 71.1 Å². The van der Waals surface area contributed by atoms with Crippen LogP contribution in [0.3, 0.4) is 0 Å². The summed E-state index contributed by atoms with van der Waals surface area (Å²) in [6.45, 7) is 7.09. The van der Waals surface area contributed by atoms with Gasteiger partial charge >= 0.3 is 0 Å². The van der Waals surface area contributed by atoms with E-state index in [1.54, 1.807) is 0 Å². The fraction of sp³-hybridized carbons (Fsp3) is 0.625. The Kier molecular flexibility index (Phi) is 4.84. The highest BCUT2D eigenvalue weighted by Gasteiger charge is 2.29. The van der Waals surface area contributed by atoms with Crippen LogP contribution < -0.4 is 5.32 Å². The SMILES string of the molecule is CC(C)(C)C1CCC(Nc2ccc(Cl)c(Br)c2)CC1. The van der Waals surface area contributed by atoms with Crippen LogP contribution in [0.25, 0.3) is 0 Å². The van der Waals surface area contributed by atoms with Crippen molar-refractivity contribution in [2.75, 3.05) is 5.32 Å². The first-order chi connectivity index (χ1) is 8.86. The molecule has 1 aliphatic carbocycles. The fourth-order valence-corrected chi connectivity index (χ4v) is 3.42. The van der Waals surface area contributed by atoms with Crippen LogP contribution in [0.15, 0.2) is 22.7 Å². The van der Waals surface area contributed by atoms with Crippen LogP contribution in [-0.2, 0) is 0 Å². The molecule has 1 saturated carbocycles. The van der Waals surface area contributed by atoms with Gasteiger partial charge in [-0.2, -0.15) is 0 Å². The number of anilines is 1. The van der Waals surface area contributed by atoms with Crippen LogP contribution >= 0.6 is 27.5 Å². The van der Waals surface area contributed by atoms with E-state index in [1.165, 1.54) is 25.7 Å². The molecule has 0 bridgehead atoms. The van der Waals surface area contributed by atoms with Crippen molar-refractivity contribution in [3.05, 3.63) is 27.7 Å². The Hall–Kier alpha value is -0.210. The Bertz CT molecular complexity index is 431. The third-order valence-corrected chi connectivity index (χ3v) is 5.46. The lowest BCUT2D eigenvalue weighted by molar-refractivity contribution is 0.173. The number of hydrogen-bond donors (Lipinski definition) is 1. The number of nitrogens with one attached hydrogen (secondary N) is 1. The van der Waals surface area contributed by atoms with E-state index >= 15 is 0 Å². The van der Waals surface area contributed by atoms with Gasteiger partial charge in [-0.3, -0.25) is 0 Å². The normalized spacial score (nSPS) is 24.3. The van der Waals surface area contributed by atoms with Crippen molar-refractivity contribution in [3.8, 4) is 0 Å². The smallest absolute Gasteiger partial charge is 0.0549 e. The lowest BCUT2D eigenvalue weighted by Crippen LogP contribution is -2.31. The molecule has 1 aliphatic rings. The van der Waals surface area contributed by atoms with Crippen LogP contribution in [0.4, 0.5) is 5.69 Å². The Labute approximate surface area is 130 Å². The zero-order valence-electron chi connectivity index (χ0n) is 12.0. The fourth-order valence-electron chi connectivity index (χ4n) is 2.93. The third kappa shape index (κ3) is 4.13. The topological polar surface area (TPSA) is 12.0 Å². The van der Waals surface area contributed by atoms with Gasteiger partial charge in [0.2, 0.25) is 0 Å². The third-order valence-electron chi connectivity index (χ3n) is 4.24. The van der Waals surface area contributed by atoms with E-state index in [0.29, 0.717) is 11.5 Å². The quantitative estimate of drug-likeness (QED) is 0.681. The molecule has 0 heterocycles. The lowest BCUT2D eigenvalue weighted by Gasteiger charge is -2.37. The molecule has 0 aromatic heterocycles. The van der Waals surface area contributed by atoms with Crippen LogP contribution in [0.1, 0.15) is 46.5 Å². The Morgan fingerprint density at radius 1 is 1.16 bits per heavy atom. The summed E-state index contributed by atoms with van der Waals surface area (Å²) in [7, 11) is 0. The molecule has 1 aromatic rings. The molecule has 2 rings (SSSR count). The number of hydrogen-bond acceptors (Lipinski definition) is 1. The van der Waals surface area contributed by atoms with Crippen molar-refractivity contribution >= 4 is 33.2 Å². The van der Waals surface area contributed by atoms with E-state index in [9.17, 15) is 0 Å². The van der Waals surface area contributed by atoms with E-state index in [1.807, 2.05) is 6.07 Å². The van der Waals surface area contributed by atoms with Crippen LogP contribution in [0.2, 0.25) is 5.02 Å². The maximum atomic E-state index is 6.02. The maximum absolute atomic E-state index is 6.02. The second-order valence-corrected chi connectivity index (χ2v) is 7.95. The summed E-state index contributed by atoms with van der Waals surface area (Å²) in [5, 5.41) is 4.40. The van der Waals surface area contributed by atoms with E-state index in [4.69, 9.17) is 11.6 Å². The van der Waals surface area contributed by atoms with Crippen molar-refractivity contribution in [3.63, 3.8) is 0 Å². The summed E-state index contributed by atoms with van der Waals surface area (Å²) >= 11 is 9.49. The summed E-state index contributed by atoms with van der Waals surface area (Å²) < 4.78 is 0.961. The molecule has 0 atom stereocenters. The summed E-state index contributed by atoms with van der Waals surface area (Å²) in [5.74, 6) is 0.863. The van der Waals surface area contributed by atoms with Gasteiger partial charge < -0.3 is 5.32 Å². The van der Waals surface area contributed by atoms with Gasteiger partial charge in [0, 0.05) is 16.2 Å². The molecule has 1 fully saturated rings. The molecule has 0 aliphatic heterocycles. The largest absolute Gasteiger partial charge is 0.382 e. The van der Waals surface area contributed by atoms with Gasteiger partial charge in [-0.25, -0.2) is 0 Å². The van der Waals surface area contributed by atoms with Crippen LogP contribution in [0.5, 0.6) is 0 Å². The first-order valence-electron chi connectivity index (χ1n) is 7.08. The van der Waals surface area contributed by atoms with Crippen molar-refractivity contribution in [2.24, 2.45) is 11.3 Å². The summed E-state index contributed by atoms with van der Waals surface area (Å²) in [6.07, 6.45) is 5.19. The van der Waals surface area contributed by atoms with Gasteiger partial charge in [0.25, 0.3) is 0 Å². The van der Waals surface area contributed by atoms with Crippen molar-refractivity contribution in [1.29, 1.82) is 0 Å². The Morgan fingerprint density at radius 2 is 1.79 bits per heavy atom. The average Bonchev–Trinajstić information content (AvgIpc) is 2.33. The zero-order chi connectivity index (χ0) is 14.0. The molecule has 0 spiro atoms. The molecule has 0 amide bonds. The van der Waals surface area contributed by atoms with Gasteiger partial charge in [-0.1, -0.05) is 32.4 Å². The number of halogens is 2. The first-order valence-corrected chi connectivity index (χ1v) is 8.25. The van der Waals surface area contributed by atoms with Gasteiger partial charge in [0.15, 0.2) is 0 Å². The van der Waals surface area contributed by atoms with Gasteiger partial charge in [0.05, 0.1) is 5.02 Å². The molecular formula is C16H23BrClN. The Balaban J connectivity index is 1.90. The van der Waals surface area contributed by atoms with E-state index in [-0.39, 0.29) is 0 Å². The molecule has 1 nitrogen and oxygen atoms in total. The van der Waals surface area contributed by atoms with Crippen LogP contribution in [-0.4, -0.2) is 6.04 Å². The van der Waals surface area contributed by atoms with E-state index < -0.39 is 0 Å². The maximum Gasteiger partial charge on any atom is 0.0549 e. The molecule has 1 aromatic carbocycles. The molecule has 0 radical (unpaired) electrons. The van der Waals surface area contributed by atoms with Crippen LogP contribution in [0, 0.1) is 11.3 Å². The minimum atomic E-state index is 0.453.